The average molecular weight is 313 g/mol. The first-order valence-electron chi connectivity index (χ1n) is 5.08. The zero-order valence-electron chi connectivity index (χ0n) is 9.86. The molecule has 6 heteroatoms. The maximum Gasteiger partial charge on any atom is 0.195 e. The first-order valence-corrected chi connectivity index (χ1v) is 6.69. The van der Waals surface area contributed by atoms with E-state index in [-0.39, 0.29) is 0 Å². The van der Waals surface area contributed by atoms with Gasteiger partial charge in [0.25, 0.3) is 0 Å². The summed E-state index contributed by atoms with van der Waals surface area (Å²) in [4.78, 5) is 1.09. The Bertz CT molecular complexity index is 565. The fraction of sp³-hybridized carbons (Fsp3) is 0.273. The van der Waals surface area contributed by atoms with E-state index in [0.29, 0.717) is 0 Å². The molecule has 0 radical (unpaired) electrons. The highest BCUT2D eigenvalue weighted by molar-refractivity contribution is 9.10. The SMILES string of the molecule is Cc1cc(Sc2nnc(C)n2C)c(Br)cc1N. The van der Waals surface area contributed by atoms with Crippen molar-refractivity contribution in [3.63, 3.8) is 0 Å². The fourth-order valence-electron chi connectivity index (χ4n) is 1.32. The van der Waals surface area contributed by atoms with Crippen LogP contribution >= 0.6 is 27.7 Å². The highest BCUT2D eigenvalue weighted by Gasteiger charge is 2.10. The molecule has 0 saturated carbocycles. The van der Waals surface area contributed by atoms with E-state index in [9.17, 15) is 0 Å². The van der Waals surface area contributed by atoms with Gasteiger partial charge in [0.05, 0.1) is 0 Å². The van der Waals surface area contributed by atoms with Crippen molar-refractivity contribution in [1.29, 1.82) is 0 Å². The van der Waals surface area contributed by atoms with Gasteiger partial charge in [0.1, 0.15) is 5.82 Å². The van der Waals surface area contributed by atoms with Gasteiger partial charge in [0.15, 0.2) is 5.16 Å². The van der Waals surface area contributed by atoms with Crippen molar-refractivity contribution < 1.29 is 0 Å². The Morgan fingerprint density at radius 1 is 1.29 bits per heavy atom. The Balaban J connectivity index is 2.36. The number of anilines is 1. The van der Waals surface area contributed by atoms with Crippen molar-refractivity contribution in [2.45, 2.75) is 23.9 Å². The first-order chi connectivity index (χ1) is 7.99. The van der Waals surface area contributed by atoms with Crippen molar-refractivity contribution in [1.82, 2.24) is 14.8 Å². The van der Waals surface area contributed by atoms with Crippen LogP contribution in [0.1, 0.15) is 11.4 Å². The van der Waals surface area contributed by atoms with Crippen molar-refractivity contribution in [3.8, 4) is 0 Å². The maximum atomic E-state index is 5.84. The molecule has 0 bridgehead atoms. The molecule has 17 heavy (non-hydrogen) atoms. The van der Waals surface area contributed by atoms with Gasteiger partial charge >= 0.3 is 0 Å². The molecule has 0 unspecified atom stereocenters. The molecule has 0 aliphatic carbocycles. The highest BCUT2D eigenvalue weighted by atomic mass is 79.9. The minimum Gasteiger partial charge on any atom is -0.398 e. The number of hydrogen-bond acceptors (Lipinski definition) is 4. The van der Waals surface area contributed by atoms with Crippen LogP contribution in [0.15, 0.2) is 26.7 Å². The molecular weight excluding hydrogens is 300 g/mol. The van der Waals surface area contributed by atoms with Crippen LogP contribution in [0, 0.1) is 13.8 Å². The van der Waals surface area contributed by atoms with Crippen LogP contribution in [0.25, 0.3) is 0 Å². The summed E-state index contributed by atoms with van der Waals surface area (Å²) in [6.07, 6.45) is 0. The van der Waals surface area contributed by atoms with E-state index in [1.807, 2.05) is 37.6 Å². The standard InChI is InChI=1S/C11H13BrN4S/c1-6-4-10(8(12)5-9(6)13)17-11-15-14-7(2)16(11)3/h4-5H,13H2,1-3H3. The molecule has 2 aromatic rings. The lowest BCUT2D eigenvalue weighted by atomic mass is 10.2. The van der Waals surface area contributed by atoms with Gasteiger partial charge in [-0.05, 0) is 59.2 Å². The predicted octanol–water partition coefficient (Wildman–Crippen LogP) is 2.93. The third-order valence-corrected chi connectivity index (χ3v) is 4.59. The molecule has 0 atom stereocenters. The van der Waals surface area contributed by atoms with E-state index in [4.69, 9.17) is 5.73 Å². The monoisotopic (exact) mass is 312 g/mol. The summed E-state index contributed by atoms with van der Waals surface area (Å²) in [6, 6.07) is 3.97. The average Bonchev–Trinajstić information content (AvgIpc) is 2.58. The van der Waals surface area contributed by atoms with Crippen LogP contribution in [0.2, 0.25) is 0 Å². The number of nitrogens with zero attached hydrogens (tertiary/aromatic N) is 3. The molecule has 4 nitrogen and oxygen atoms in total. The second-order valence-electron chi connectivity index (χ2n) is 3.83. The molecule has 0 amide bonds. The van der Waals surface area contributed by atoms with Crippen molar-refractivity contribution in [3.05, 3.63) is 28.0 Å². The Labute approximate surface area is 113 Å². The van der Waals surface area contributed by atoms with Gasteiger partial charge in [-0.1, -0.05) is 0 Å². The molecule has 1 heterocycles. The van der Waals surface area contributed by atoms with Crippen molar-refractivity contribution in [2.75, 3.05) is 5.73 Å². The molecule has 2 N–H and O–H groups in total. The summed E-state index contributed by atoms with van der Waals surface area (Å²) in [6.45, 7) is 3.92. The number of nitrogen functional groups attached to an aromatic ring is 1. The van der Waals surface area contributed by atoms with Gasteiger partial charge < -0.3 is 10.3 Å². The van der Waals surface area contributed by atoms with Crippen molar-refractivity contribution >= 4 is 33.4 Å². The van der Waals surface area contributed by atoms with E-state index in [0.717, 1.165) is 31.6 Å². The minimum absolute atomic E-state index is 0.787. The molecular formula is C11H13BrN4S. The van der Waals surface area contributed by atoms with Crippen LogP contribution < -0.4 is 5.73 Å². The third-order valence-electron chi connectivity index (χ3n) is 2.57. The second kappa shape index (κ2) is 4.70. The smallest absolute Gasteiger partial charge is 0.195 e. The number of aromatic nitrogens is 3. The summed E-state index contributed by atoms with van der Waals surface area (Å²) < 4.78 is 2.94. The van der Waals surface area contributed by atoms with Crippen LogP contribution in [-0.4, -0.2) is 14.8 Å². The first kappa shape index (κ1) is 12.4. The van der Waals surface area contributed by atoms with Crippen LogP contribution in [-0.2, 0) is 7.05 Å². The Morgan fingerprint density at radius 3 is 2.59 bits per heavy atom. The molecule has 0 fully saturated rings. The van der Waals surface area contributed by atoms with Gasteiger partial charge in [0, 0.05) is 22.1 Å². The Hall–Kier alpha value is -1.01. The zero-order valence-corrected chi connectivity index (χ0v) is 12.3. The summed E-state index contributed by atoms with van der Waals surface area (Å²) in [7, 11) is 1.95. The van der Waals surface area contributed by atoms with E-state index < -0.39 is 0 Å². The van der Waals surface area contributed by atoms with Crippen LogP contribution in [0.4, 0.5) is 5.69 Å². The lowest BCUT2D eigenvalue weighted by Gasteiger charge is -2.07. The molecule has 0 spiro atoms. The van der Waals surface area contributed by atoms with Gasteiger partial charge in [-0.25, -0.2) is 0 Å². The Morgan fingerprint density at radius 2 is 2.00 bits per heavy atom. The maximum absolute atomic E-state index is 5.84. The summed E-state index contributed by atoms with van der Waals surface area (Å²) >= 11 is 5.08. The van der Waals surface area contributed by atoms with Gasteiger partial charge in [0.2, 0.25) is 0 Å². The van der Waals surface area contributed by atoms with Crippen LogP contribution in [0.3, 0.4) is 0 Å². The summed E-state index contributed by atoms with van der Waals surface area (Å²) in [5.74, 6) is 0.899. The second-order valence-corrected chi connectivity index (χ2v) is 5.69. The molecule has 1 aromatic carbocycles. The van der Waals surface area contributed by atoms with Crippen molar-refractivity contribution in [2.24, 2.45) is 7.05 Å². The summed E-state index contributed by atoms with van der Waals surface area (Å²) in [5.41, 5.74) is 7.70. The van der Waals surface area contributed by atoms with Gasteiger partial charge in [-0.3, -0.25) is 0 Å². The van der Waals surface area contributed by atoms with Crippen LogP contribution in [0.5, 0.6) is 0 Å². The number of halogens is 1. The molecule has 0 aliphatic heterocycles. The molecule has 90 valence electrons. The minimum atomic E-state index is 0.787. The predicted molar refractivity (Wildman–Crippen MR) is 73.2 cm³/mol. The molecule has 2 rings (SSSR count). The highest BCUT2D eigenvalue weighted by Crippen LogP contribution is 2.35. The largest absolute Gasteiger partial charge is 0.398 e. The van der Waals surface area contributed by atoms with Gasteiger partial charge in [-0.2, -0.15) is 0 Å². The van der Waals surface area contributed by atoms with E-state index >= 15 is 0 Å². The number of benzene rings is 1. The molecule has 1 aromatic heterocycles. The summed E-state index contributed by atoms with van der Waals surface area (Å²) in [5, 5.41) is 9.03. The van der Waals surface area contributed by atoms with E-state index in [1.165, 1.54) is 0 Å². The number of rotatable bonds is 2. The van der Waals surface area contributed by atoms with E-state index in [2.05, 4.69) is 26.1 Å². The topological polar surface area (TPSA) is 56.7 Å². The Kier molecular flexibility index (Phi) is 3.44. The van der Waals surface area contributed by atoms with Gasteiger partial charge in [-0.15, -0.1) is 10.2 Å². The normalized spacial score (nSPS) is 10.8. The molecule has 0 aliphatic rings. The zero-order chi connectivity index (χ0) is 12.6. The third kappa shape index (κ3) is 2.47. The quantitative estimate of drug-likeness (QED) is 0.866. The van der Waals surface area contributed by atoms with E-state index in [1.54, 1.807) is 11.8 Å². The fourth-order valence-corrected chi connectivity index (χ4v) is 2.87. The lowest BCUT2D eigenvalue weighted by Crippen LogP contribution is -1.94. The lowest BCUT2D eigenvalue weighted by molar-refractivity contribution is 0.765. The number of aryl methyl sites for hydroxylation is 2. The number of nitrogens with two attached hydrogens (primary N) is 1. The molecule has 0 saturated heterocycles. The number of hydrogen-bond donors (Lipinski definition) is 1.